The number of aliphatic hydroxyl groups is 1. The zero-order valence-corrected chi connectivity index (χ0v) is 7.03. The molecule has 0 atom stereocenters. The monoisotopic (exact) mass is 181 g/mol. The Morgan fingerprint density at radius 1 is 1.62 bits per heavy atom. The maximum atomic E-state index is 11.0. The Bertz CT molecular complexity index is 263. The van der Waals surface area contributed by atoms with Crippen LogP contribution in [0.4, 0.5) is 10.5 Å². The van der Waals surface area contributed by atoms with Crippen molar-refractivity contribution in [3.05, 3.63) is 24.5 Å². The number of hydrogen-bond donors (Lipinski definition) is 3. The first kappa shape index (κ1) is 9.47. The minimum atomic E-state index is -0.345. The summed E-state index contributed by atoms with van der Waals surface area (Å²) in [5, 5.41) is 13.4. The van der Waals surface area contributed by atoms with Gasteiger partial charge in [-0.25, -0.2) is 4.79 Å². The van der Waals surface area contributed by atoms with Gasteiger partial charge >= 0.3 is 6.03 Å². The number of carbonyl (C=O) groups is 1. The number of aliphatic hydroxyl groups excluding tert-OH is 1. The molecule has 0 aliphatic heterocycles. The van der Waals surface area contributed by atoms with Crippen LogP contribution >= 0.6 is 0 Å². The topological polar surface area (TPSA) is 74.2 Å². The Kier molecular flexibility index (Phi) is 3.72. The Labute approximate surface area is 75.8 Å². The van der Waals surface area contributed by atoms with Crippen LogP contribution in [-0.2, 0) is 0 Å². The molecule has 3 N–H and O–H groups in total. The van der Waals surface area contributed by atoms with Crippen molar-refractivity contribution in [3.63, 3.8) is 0 Å². The molecule has 5 heteroatoms. The standard InChI is InChI=1S/C8H11N3O2/c12-5-4-10-8(13)11-7-2-1-3-9-6-7/h1-3,6,12H,4-5H2,(H2,10,11,13). The lowest BCUT2D eigenvalue weighted by atomic mass is 10.4. The average molecular weight is 181 g/mol. The van der Waals surface area contributed by atoms with Crippen molar-refractivity contribution in [1.82, 2.24) is 10.3 Å². The molecule has 1 rings (SSSR count). The van der Waals surface area contributed by atoms with Gasteiger partial charge in [0, 0.05) is 12.7 Å². The Morgan fingerprint density at radius 2 is 2.46 bits per heavy atom. The molecular weight excluding hydrogens is 170 g/mol. The van der Waals surface area contributed by atoms with Gasteiger partial charge in [0.2, 0.25) is 0 Å². The summed E-state index contributed by atoms with van der Waals surface area (Å²) in [5.41, 5.74) is 0.623. The van der Waals surface area contributed by atoms with E-state index in [0.29, 0.717) is 5.69 Å². The third-order valence-electron chi connectivity index (χ3n) is 1.32. The molecule has 1 aromatic heterocycles. The second-order valence-corrected chi connectivity index (χ2v) is 2.35. The molecule has 13 heavy (non-hydrogen) atoms. The average Bonchev–Trinajstić information content (AvgIpc) is 2.16. The number of amides is 2. The van der Waals surface area contributed by atoms with Gasteiger partial charge in [-0.2, -0.15) is 0 Å². The molecule has 0 bridgehead atoms. The molecule has 0 radical (unpaired) electrons. The summed E-state index contributed by atoms with van der Waals surface area (Å²) in [5.74, 6) is 0. The molecule has 1 heterocycles. The molecule has 0 aromatic carbocycles. The summed E-state index contributed by atoms with van der Waals surface area (Å²) in [6, 6.07) is 3.11. The zero-order valence-electron chi connectivity index (χ0n) is 7.03. The van der Waals surface area contributed by atoms with Crippen LogP contribution in [0.1, 0.15) is 0 Å². The number of nitrogens with zero attached hydrogens (tertiary/aromatic N) is 1. The van der Waals surface area contributed by atoms with Crippen LogP contribution in [0.2, 0.25) is 0 Å². The molecule has 0 unspecified atom stereocenters. The third-order valence-corrected chi connectivity index (χ3v) is 1.32. The molecule has 1 aromatic rings. The van der Waals surface area contributed by atoms with E-state index in [0.717, 1.165) is 0 Å². The smallest absolute Gasteiger partial charge is 0.319 e. The van der Waals surface area contributed by atoms with E-state index in [1.807, 2.05) is 0 Å². The van der Waals surface area contributed by atoms with Crippen LogP contribution in [0.25, 0.3) is 0 Å². The summed E-state index contributed by atoms with van der Waals surface area (Å²) in [6.45, 7) is 0.173. The lowest BCUT2D eigenvalue weighted by Crippen LogP contribution is -2.30. The number of pyridine rings is 1. The van der Waals surface area contributed by atoms with E-state index < -0.39 is 0 Å². The molecule has 2 amide bonds. The lowest BCUT2D eigenvalue weighted by Gasteiger charge is -2.04. The Balaban J connectivity index is 2.37. The predicted molar refractivity (Wildman–Crippen MR) is 48.3 cm³/mol. The highest BCUT2D eigenvalue weighted by molar-refractivity contribution is 5.88. The maximum Gasteiger partial charge on any atom is 0.319 e. The highest BCUT2D eigenvalue weighted by atomic mass is 16.3. The number of anilines is 1. The van der Waals surface area contributed by atoms with Gasteiger partial charge in [0.15, 0.2) is 0 Å². The fourth-order valence-electron chi connectivity index (χ4n) is 0.781. The third kappa shape index (κ3) is 3.53. The second-order valence-electron chi connectivity index (χ2n) is 2.35. The predicted octanol–water partition coefficient (Wildman–Crippen LogP) is 0.195. The first-order valence-electron chi connectivity index (χ1n) is 3.88. The van der Waals surface area contributed by atoms with E-state index in [1.54, 1.807) is 24.5 Å². The van der Waals surface area contributed by atoms with E-state index in [2.05, 4.69) is 15.6 Å². The van der Waals surface area contributed by atoms with Gasteiger partial charge < -0.3 is 15.7 Å². The van der Waals surface area contributed by atoms with Crippen molar-refractivity contribution in [2.75, 3.05) is 18.5 Å². The van der Waals surface area contributed by atoms with E-state index in [4.69, 9.17) is 5.11 Å². The highest BCUT2D eigenvalue weighted by Crippen LogP contribution is 2.01. The van der Waals surface area contributed by atoms with Crippen LogP contribution in [-0.4, -0.2) is 29.3 Å². The summed E-state index contributed by atoms with van der Waals surface area (Å²) in [4.78, 5) is 14.8. The minimum Gasteiger partial charge on any atom is -0.395 e. The fourth-order valence-corrected chi connectivity index (χ4v) is 0.781. The van der Waals surface area contributed by atoms with Crippen molar-refractivity contribution in [2.24, 2.45) is 0 Å². The van der Waals surface area contributed by atoms with Gasteiger partial charge in [-0.05, 0) is 12.1 Å². The molecule has 0 saturated heterocycles. The van der Waals surface area contributed by atoms with Crippen molar-refractivity contribution in [1.29, 1.82) is 0 Å². The molecule has 0 fully saturated rings. The first-order valence-corrected chi connectivity index (χ1v) is 3.88. The van der Waals surface area contributed by atoms with Crippen molar-refractivity contribution in [3.8, 4) is 0 Å². The molecule has 0 spiro atoms. The summed E-state index contributed by atoms with van der Waals surface area (Å²) in [6.07, 6.45) is 3.16. The summed E-state index contributed by atoms with van der Waals surface area (Å²) < 4.78 is 0. The molecular formula is C8H11N3O2. The lowest BCUT2D eigenvalue weighted by molar-refractivity contribution is 0.245. The van der Waals surface area contributed by atoms with Crippen molar-refractivity contribution < 1.29 is 9.90 Å². The molecule has 5 nitrogen and oxygen atoms in total. The number of nitrogens with one attached hydrogen (secondary N) is 2. The number of hydrogen-bond acceptors (Lipinski definition) is 3. The quantitative estimate of drug-likeness (QED) is 0.623. The van der Waals surface area contributed by atoms with E-state index in [-0.39, 0.29) is 19.2 Å². The Morgan fingerprint density at radius 3 is 3.08 bits per heavy atom. The van der Waals surface area contributed by atoms with E-state index >= 15 is 0 Å². The number of carbonyl (C=O) groups excluding carboxylic acids is 1. The van der Waals surface area contributed by atoms with Crippen LogP contribution < -0.4 is 10.6 Å². The van der Waals surface area contributed by atoms with Crippen LogP contribution in [0, 0.1) is 0 Å². The summed E-state index contributed by atoms with van der Waals surface area (Å²) in [7, 11) is 0. The van der Waals surface area contributed by atoms with Gasteiger partial charge in [0.05, 0.1) is 18.5 Å². The number of aromatic nitrogens is 1. The number of rotatable bonds is 3. The van der Waals surface area contributed by atoms with Gasteiger partial charge in [0.25, 0.3) is 0 Å². The van der Waals surface area contributed by atoms with Crippen molar-refractivity contribution in [2.45, 2.75) is 0 Å². The molecule has 0 saturated carbocycles. The van der Waals surface area contributed by atoms with Gasteiger partial charge in [-0.3, -0.25) is 4.98 Å². The normalized spacial score (nSPS) is 9.31. The van der Waals surface area contributed by atoms with Crippen LogP contribution in [0.15, 0.2) is 24.5 Å². The van der Waals surface area contributed by atoms with E-state index in [1.165, 1.54) is 0 Å². The molecule has 0 aliphatic carbocycles. The van der Waals surface area contributed by atoms with E-state index in [9.17, 15) is 4.79 Å². The van der Waals surface area contributed by atoms with Gasteiger partial charge in [0.1, 0.15) is 0 Å². The maximum absolute atomic E-state index is 11.0. The zero-order chi connectivity index (χ0) is 9.52. The van der Waals surface area contributed by atoms with Gasteiger partial charge in [-0.15, -0.1) is 0 Å². The van der Waals surface area contributed by atoms with Gasteiger partial charge in [-0.1, -0.05) is 0 Å². The summed E-state index contributed by atoms with van der Waals surface area (Å²) >= 11 is 0. The minimum absolute atomic E-state index is 0.0690. The number of urea groups is 1. The first-order chi connectivity index (χ1) is 6.33. The van der Waals surface area contributed by atoms with Crippen molar-refractivity contribution >= 4 is 11.7 Å². The molecule has 0 aliphatic rings. The van der Waals surface area contributed by atoms with Crippen LogP contribution in [0.5, 0.6) is 0 Å². The largest absolute Gasteiger partial charge is 0.395 e. The second kappa shape index (κ2) is 5.10. The van der Waals surface area contributed by atoms with Crippen LogP contribution in [0.3, 0.4) is 0 Å². The molecule has 70 valence electrons. The Hall–Kier alpha value is -1.62. The fraction of sp³-hybridized carbons (Fsp3) is 0.250. The highest BCUT2D eigenvalue weighted by Gasteiger charge is 1.98. The SMILES string of the molecule is O=C(NCCO)Nc1cccnc1.